The molecule has 0 aromatic heterocycles. The highest BCUT2D eigenvalue weighted by Gasteiger charge is 2.48. The van der Waals surface area contributed by atoms with Gasteiger partial charge in [0.25, 0.3) is 0 Å². The maximum atomic E-state index is 12.6. The third-order valence-corrected chi connectivity index (χ3v) is 7.39. The second-order valence-electron chi connectivity index (χ2n) is 9.80. The van der Waals surface area contributed by atoms with E-state index in [-0.39, 0.29) is 29.2 Å². The predicted molar refractivity (Wildman–Crippen MR) is 125 cm³/mol. The van der Waals surface area contributed by atoms with Gasteiger partial charge in [-0.25, -0.2) is 4.79 Å². The summed E-state index contributed by atoms with van der Waals surface area (Å²) in [5.41, 5.74) is 5.58. The fraction of sp³-hybridized carbons (Fsp3) is 0.652. The van der Waals surface area contributed by atoms with Crippen LogP contribution in [0.25, 0.3) is 0 Å². The van der Waals surface area contributed by atoms with Crippen molar-refractivity contribution in [2.75, 3.05) is 26.2 Å². The molecule has 0 spiro atoms. The lowest BCUT2D eigenvalue weighted by molar-refractivity contribution is -0.141. The molecule has 2 aliphatic carbocycles. The molecule has 2 unspecified atom stereocenters. The molecular weight excluding hydrogens is 441 g/mol. The maximum absolute atomic E-state index is 12.6. The largest absolute Gasteiger partial charge is 0.507 e. The summed E-state index contributed by atoms with van der Waals surface area (Å²) in [5, 5.41) is 42.2. The van der Waals surface area contributed by atoms with Crippen molar-refractivity contribution in [1.82, 2.24) is 10.2 Å². The normalized spacial score (nSPS) is 26.6. The molecule has 1 saturated heterocycles. The average molecular weight is 475 g/mol. The number of rotatable bonds is 10. The van der Waals surface area contributed by atoms with Crippen LogP contribution in [-0.4, -0.2) is 82.5 Å². The number of hydrogen-bond acceptors (Lipinski definition) is 8. The lowest BCUT2D eigenvalue weighted by Gasteiger charge is -2.40. The predicted octanol–water partition coefficient (Wildman–Crippen LogP) is 0.508. The molecule has 186 valence electrons. The van der Waals surface area contributed by atoms with Gasteiger partial charge >= 0.3 is 13.1 Å². The van der Waals surface area contributed by atoms with E-state index in [1.165, 1.54) is 6.07 Å². The molecule has 1 aliphatic heterocycles. The number of phenols is 1. The van der Waals surface area contributed by atoms with E-state index >= 15 is 0 Å². The second-order valence-corrected chi connectivity index (χ2v) is 9.80. The molecule has 2 atom stereocenters. The van der Waals surface area contributed by atoms with Gasteiger partial charge in [0.15, 0.2) is 0 Å². The SMILES string of the molecule is NCCNC1CCC(CC(=O)N2CC(Oc3ccc(C4CC4B(O)O)c(O)c3C(=O)O)C2)CC1. The van der Waals surface area contributed by atoms with Crippen LogP contribution in [0.3, 0.4) is 0 Å². The molecule has 2 saturated carbocycles. The fourth-order valence-electron chi connectivity index (χ4n) is 5.22. The first-order valence-electron chi connectivity index (χ1n) is 12.1. The highest BCUT2D eigenvalue weighted by atomic mass is 16.5. The quantitative estimate of drug-likeness (QED) is 0.264. The molecule has 4 rings (SSSR count). The number of benzene rings is 1. The van der Waals surface area contributed by atoms with Crippen LogP contribution < -0.4 is 15.8 Å². The molecule has 1 amide bonds. The molecule has 0 radical (unpaired) electrons. The van der Waals surface area contributed by atoms with Crippen molar-refractivity contribution in [3.63, 3.8) is 0 Å². The number of carboxylic acids is 1. The van der Waals surface area contributed by atoms with Gasteiger partial charge in [-0.05, 0) is 55.6 Å². The summed E-state index contributed by atoms with van der Waals surface area (Å²) >= 11 is 0. The number of carbonyl (C=O) groups is 2. The smallest absolute Gasteiger partial charge is 0.455 e. The highest BCUT2D eigenvalue weighted by molar-refractivity contribution is 6.44. The molecule has 1 aromatic rings. The van der Waals surface area contributed by atoms with Gasteiger partial charge in [0.2, 0.25) is 5.91 Å². The number of aromatic carboxylic acids is 1. The summed E-state index contributed by atoms with van der Waals surface area (Å²) in [6.45, 7) is 2.22. The van der Waals surface area contributed by atoms with Crippen molar-refractivity contribution < 1.29 is 34.6 Å². The van der Waals surface area contributed by atoms with Gasteiger partial charge in [0.05, 0.1) is 13.1 Å². The Morgan fingerprint density at radius 2 is 1.88 bits per heavy atom. The number of aromatic hydroxyl groups is 1. The summed E-state index contributed by atoms with van der Waals surface area (Å²) in [6, 6.07) is 3.56. The Kier molecular flexibility index (Phi) is 7.66. The summed E-state index contributed by atoms with van der Waals surface area (Å²) in [4.78, 5) is 26.2. The fourth-order valence-corrected chi connectivity index (χ4v) is 5.22. The van der Waals surface area contributed by atoms with Gasteiger partial charge in [0.1, 0.15) is 23.2 Å². The first-order valence-corrected chi connectivity index (χ1v) is 12.1. The number of nitrogens with zero attached hydrogens (tertiary/aromatic N) is 1. The Morgan fingerprint density at radius 1 is 1.18 bits per heavy atom. The van der Waals surface area contributed by atoms with E-state index in [4.69, 9.17) is 10.5 Å². The van der Waals surface area contributed by atoms with Crippen LogP contribution in [0.4, 0.5) is 0 Å². The van der Waals surface area contributed by atoms with E-state index in [1.54, 1.807) is 11.0 Å². The molecule has 3 fully saturated rings. The average Bonchev–Trinajstić information content (AvgIpc) is 3.56. The molecule has 10 nitrogen and oxygen atoms in total. The van der Waals surface area contributed by atoms with Crippen molar-refractivity contribution in [2.24, 2.45) is 11.7 Å². The number of ether oxygens (including phenoxy) is 1. The maximum Gasteiger partial charge on any atom is 0.455 e. The van der Waals surface area contributed by atoms with Crippen molar-refractivity contribution in [3.05, 3.63) is 23.3 Å². The number of nitrogens with two attached hydrogens (primary N) is 1. The van der Waals surface area contributed by atoms with E-state index in [1.807, 2.05) is 0 Å². The number of likely N-dealkylation sites (tertiary alicyclic amines) is 1. The molecular formula is C23H34BN3O7. The standard InChI is InChI=1S/C23H34BN3O7/c25-7-8-26-14-3-1-13(2-4-14)9-20(28)27-11-15(12-27)34-19-6-5-16(17-10-18(17)24(32)33)22(29)21(19)23(30)31/h5-6,13-15,17-18,26,29,32-33H,1-4,7-12,25H2,(H,30,31). The molecule has 34 heavy (non-hydrogen) atoms. The lowest BCUT2D eigenvalue weighted by Crippen LogP contribution is -2.56. The van der Waals surface area contributed by atoms with Crippen LogP contribution in [0.15, 0.2) is 12.1 Å². The van der Waals surface area contributed by atoms with Gasteiger partial charge in [-0.3, -0.25) is 4.79 Å². The van der Waals surface area contributed by atoms with Gasteiger partial charge in [-0.1, -0.05) is 6.07 Å². The minimum atomic E-state index is -1.50. The Bertz CT molecular complexity index is 901. The van der Waals surface area contributed by atoms with Crippen LogP contribution in [0.1, 0.15) is 60.4 Å². The monoisotopic (exact) mass is 475 g/mol. The van der Waals surface area contributed by atoms with Crippen LogP contribution in [0.5, 0.6) is 11.5 Å². The third-order valence-electron chi connectivity index (χ3n) is 7.39. The van der Waals surface area contributed by atoms with Crippen LogP contribution in [0, 0.1) is 5.92 Å². The molecule has 7 N–H and O–H groups in total. The number of carbonyl (C=O) groups excluding carboxylic acids is 1. The Hall–Kier alpha value is -2.34. The molecule has 0 bridgehead atoms. The second kappa shape index (κ2) is 10.5. The Balaban J connectivity index is 1.27. The first-order chi connectivity index (χ1) is 16.3. The van der Waals surface area contributed by atoms with Gasteiger partial charge < -0.3 is 40.9 Å². The summed E-state index contributed by atoms with van der Waals surface area (Å²) in [6.07, 6.45) is 4.80. The van der Waals surface area contributed by atoms with E-state index in [9.17, 15) is 29.9 Å². The lowest BCUT2D eigenvalue weighted by atomic mass is 9.81. The number of carboxylic acid groups (broad SMARTS) is 1. The van der Waals surface area contributed by atoms with E-state index < -0.39 is 24.7 Å². The number of hydrogen-bond donors (Lipinski definition) is 6. The zero-order chi connectivity index (χ0) is 24.4. The molecule has 3 aliphatic rings. The molecule has 1 heterocycles. The van der Waals surface area contributed by atoms with Crippen molar-refractivity contribution >= 4 is 19.0 Å². The van der Waals surface area contributed by atoms with Crippen LogP contribution in [-0.2, 0) is 4.79 Å². The van der Waals surface area contributed by atoms with E-state index in [0.717, 1.165) is 32.2 Å². The number of nitrogens with one attached hydrogen (secondary N) is 1. The first kappa shape index (κ1) is 24.8. The van der Waals surface area contributed by atoms with Crippen LogP contribution >= 0.6 is 0 Å². The summed E-state index contributed by atoms with van der Waals surface area (Å²) in [5.74, 6) is -1.90. The highest BCUT2D eigenvalue weighted by Crippen LogP contribution is 2.56. The minimum Gasteiger partial charge on any atom is -0.507 e. The van der Waals surface area contributed by atoms with E-state index in [2.05, 4.69) is 5.32 Å². The zero-order valence-corrected chi connectivity index (χ0v) is 19.2. The summed E-state index contributed by atoms with van der Waals surface area (Å²) in [7, 11) is -1.50. The zero-order valence-electron chi connectivity index (χ0n) is 19.2. The van der Waals surface area contributed by atoms with Crippen molar-refractivity contribution in [2.45, 2.75) is 62.4 Å². The van der Waals surface area contributed by atoms with Gasteiger partial charge in [0, 0.05) is 31.4 Å². The van der Waals surface area contributed by atoms with Crippen molar-refractivity contribution in [3.8, 4) is 11.5 Å². The summed E-state index contributed by atoms with van der Waals surface area (Å²) < 4.78 is 5.82. The van der Waals surface area contributed by atoms with Gasteiger partial charge in [-0.15, -0.1) is 0 Å². The molecule has 11 heteroatoms. The van der Waals surface area contributed by atoms with Crippen LogP contribution in [0.2, 0.25) is 5.82 Å². The molecule has 1 aromatic carbocycles. The Labute approximate surface area is 199 Å². The topological polar surface area (TPSA) is 166 Å². The number of amides is 1. The Morgan fingerprint density at radius 3 is 2.47 bits per heavy atom. The van der Waals surface area contributed by atoms with E-state index in [0.29, 0.717) is 50.0 Å². The third kappa shape index (κ3) is 5.48. The van der Waals surface area contributed by atoms with Gasteiger partial charge in [-0.2, -0.15) is 0 Å². The van der Waals surface area contributed by atoms with Crippen molar-refractivity contribution in [1.29, 1.82) is 0 Å². The minimum absolute atomic E-state index is 0.0518.